The predicted octanol–water partition coefficient (Wildman–Crippen LogP) is 1.34. The molecule has 1 fully saturated rings. The van der Waals surface area contributed by atoms with E-state index in [4.69, 9.17) is 26.8 Å². The lowest BCUT2D eigenvalue weighted by Crippen LogP contribution is -2.65. The number of hydrogen-bond donors (Lipinski definition) is 2. The summed E-state index contributed by atoms with van der Waals surface area (Å²) in [6.45, 7) is 2.49. The Kier molecular flexibility index (Phi) is 5.23. The molecule has 6 heteroatoms. The highest BCUT2D eigenvalue weighted by molar-refractivity contribution is 6.30. The van der Waals surface area contributed by atoms with Gasteiger partial charge in [0.1, 0.15) is 5.75 Å². The van der Waals surface area contributed by atoms with E-state index < -0.39 is 0 Å². The standard InChI is InChI=1S/C14H19ClN2O3/c1-2-19-12-7-11(16)14(12)17-13(18)8-20-10-5-3-9(15)4-6-10/h3-6,11-12,14H,2,7-8,16H2,1H3,(H,17,18). The molecule has 1 aliphatic rings. The van der Waals surface area contributed by atoms with Crippen LogP contribution >= 0.6 is 11.6 Å². The lowest BCUT2D eigenvalue weighted by atomic mass is 9.83. The Hall–Kier alpha value is -1.30. The molecule has 0 saturated heterocycles. The van der Waals surface area contributed by atoms with E-state index in [1.165, 1.54) is 0 Å². The Balaban J connectivity index is 1.76. The van der Waals surface area contributed by atoms with E-state index in [9.17, 15) is 4.79 Å². The van der Waals surface area contributed by atoms with E-state index in [1.807, 2.05) is 6.92 Å². The van der Waals surface area contributed by atoms with E-state index in [1.54, 1.807) is 24.3 Å². The van der Waals surface area contributed by atoms with Gasteiger partial charge in [0.15, 0.2) is 6.61 Å². The Morgan fingerprint density at radius 2 is 2.15 bits per heavy atom. The minimum Gasteiger partial charge on any atom is -0.484 e. The van der Waals surface area contributed by atoms with Crippen molar-refractivity contribution < 1.29 is 14.3 Å². The van der Waals surface area contributed by atoms with Gasteiger partial charge in [-0.15, -0.1) is 0 Å². The first kappa shape index (κ1) is 15.1. The van der Waals surface area contributed by atoms with Gasteiger partial charge >= 0.3 is 0 Å². The van der Waals surface area contributed by atoms with Crippen LogP contribution in [0.25, 0.3) is 0 Å². The third-order valence-electron chi connectivity index (χ3n) is 3.26. The quantitative estimate of drug-likeness (QED) is 0.831. The summed E-state index contributed by atoms with van der Waals surface area (Å²) in [4.78, 5) is 11.8. The topological polar surface area (TPSA) is 73.6 Å². The number of rotatable bonds is 6. The van der Waals surface area contributed by atoms with Crippen molar-refractivity contribution in [2.45, 2.75) is 31.5 Å². The molecule has 1 amide bonds. The second-order valence-corrected chi connectivity index (χ2v) is 5.17. The van der Waals surface area contributed by atoms with Crippen molar-refractivity contribution in [1.82, 2.24) is 5.32 Å². The summed E-state index contributed by atoms with van der Waals surface area (Å²) >= 11 is 5.77. The molecule has 1 aromatic carbocycles. The summed E-state index contributed by atoms with van der Waals surface area (Å²) in [6, 6.07) is 6.67. The van der Waals surface area contributed by atoms with Gasteiger partial charge in [-0.25, -0.2) is 0 Å². The average Bonchev–Trinajstić information content (AvgIpc) is 2.44. The van der Waals surface area contributed by atoms with Crippen LogP contribution in [-0.4, -0.2) is 37.3 Å². The third-order valence-corrected chi connectivity index (χ3v) is 3.51. The number of carbonyl (C=O) groups is 1. The Labute approximate surface area is 123 Å². The Morgan fingerprint density at radius 3 is 2.75 bits per heavy atom. The van der Waals surface area contributed by atoms with Crippen molar-refractivity contribution >= 4 is 17.5 Å². The molecule has 0 spiro atoms. The first-order valence-electron chi connectivity index (χ1n) is 6.65. The van der Waals surface area contributed by atoms with E-state index in [-0.39, 0.29) is 30.7 Å². The number of nitrogens with one attached hydrogen (secondary N) is 1. The van der Waals surface area contributed by atoms with E-state index in [0.29, 0.717) is 17.4 Å². The number of hydrogen-bond acceptors (Lipinski definition) is 4. The first-order chi connectivity index (χ1) is 9.60. The number of nitrogens with two attached hydrogens (primary N) is 1. The second kappa shape index (κ2) is 6.92. The number of halogens is 1. The van der Waals surface area contributed by atoms with E-state index >= 15 is 0 Å². The lowest BCUT2D eigenvalue weighted by molar-refractivity contribution is -0.127. The maximum Gasteiger partial charge on any atom is 0.258 e. The molecule has 3 atom stereocenters. The van der Waals surface area contributed by atoms with Crippen LogP contribution in [0.1, 0.15) is 13.3 Å². The molecule has 3 N–H and O–H groups in total. The van der Waals surface area contributed by atoms with Crippen molar-refractivity contribution in [2.75, 3.05) is 13.2 Å². The van der Waals surface area contributed by atoms with Gasteiger partial charge in [0.05, 0.1) is 12.1 Å². The summed E-state index contributed by atoms with van der Waals surface area (Å²) in [5.74, 6) is 0.397. The Morgan fingerprint density at radius 1 is 1.45 bits per heavy atom. The number of amides is 1. The van der Waals surface area contributed by atoms with Gasteiger partial charge in [0.2, 0.25) is 0 Å². The maximum atomic E-state index is 11.8. The highest BCUT2D eigenvalue weighted by Gasteiger charge is 2.40. The van der Waals surface area contributed by atoms with Gasteiger partial charge < -0.3 is 20.5 Å². The Bertz CT molecular complexity index is 450. The first-order valence-corrected chi connectivity index (χ1v) is 7.03. The molecule has 0 heterocycles. The summed E-state index contributed by atoms with van der Waals surface area (Å²) in [5, 5.41) is 3.47. The van der Waals surface area contributed by atoms with Crippen LogP contribution in [0.2, 0.25) is 5.02 Å². The van der Waals surface area contributed by atoms with Crippen LogP contribution in [0.15, 0.2) is 24.3 Å². The predicted molar refractivity (Wildman–Crippen MR) is 76.9 cm³/mol. The van der Waals surface area contributed by atoms with Crippen LogP contribution < -0.4 is 15.8 Å². The molecular formula is C14H19ClN2O3. The number of benzene rings is 1. The summed E-state index contributed by atoms with van der Waals surface area (Å²) < 4.78 is 10.9. The molecule has 1 aliphatic carbocycles. The molecule has 20 heavy (non-hydrogen) atoms. The van der Waals surface area contributed by atoms with E-state index in [2.05, 4.69) is 5.32 Å². The fraction of sp³-hybridized carbons (Fsp3) is 0.500. The fourth-order valence-electron chi connectivity index (χ4n) is 2.13. The summed E-state index contributed by atoms with van der Waals surface area (Å²) in [7, 11) is 0. The fourth-order valence-corrected chi connectivity index (χ4v) is 2.26. The van der Waals surface area contributed by atoms with Crippen LogP contribution in [-0.2, 0) is 9.53 Å². The number of ether oxygens (including phenoxy) is 2. The van der Waals surface area contributed by atoms with Gasteiger partial charge in [-0.1, -0.05) is 11.6 Å². The smallest absolute Gasteiger partial charge is 0.258 e. The summed E-state index contributed by atoms with van der Waals surface area (Å²) in [6.07, 6.45) is 0.783. The van der Waals surface area contributed by atoms with Crippen LogP contribution in [0.5, 0.6) is 5.75 Å². The molecule has 0 aliphatic heterocycles. The SMILES string of the molecule is CCOC1CC(N)C1NC(=O)COc1ccc(Cl)cc1. The normalized spacial score (nSPS) is 24.9. The van der Waals surface area contributed by atoms with Gasteiger partial charge in [-0.05, 0) is 37.6 Å². The molecule has 2 rings (SSSR count). The van der Waals surface area contributed by atoms with E-state index in [0.717, 1.165) is 6.42 Å². The molecule has 0 aromatic heterocycles. The minimum atomic E-state index is -0.204. The molecule has 110 valence electrons. The third kappa shape index (κ3) is 3.85. The van der Waals surface area contributed by atoms with Crippen molar-refractivity contribution in [3.05, 3.63) is 29.3 Å². The monoisotopic (exact) mass is 298 g/mol. The summed E-state index contributed by atoms with van der Waals surface area (Å²) in [5.41, 5.74) is 5.87. The zero-order valence-electron chi connectivity index (χ0n) is 11.3. The number of carbonyl (C=O) groups excluding carboxylic acids is 1. The maximum absolute atomic E-state index is 11.8. The van der Waals surface area contributed by atoms with Crippen molar-refractivity contribution in [1.29, 1.82) is 0 Å². The van der Waals surface area contributed by atoms with Crippen LogP contribution in [0.4, 0.5) is 0 Å². The van der Waals surface area contributed by atoms with Crippen LogP contribution in [0, 0.1) is 0 Å². The largest absolute Gasteiger partial charge is 0.484 e. The van der Waals surface area contributed by atoms with Gasteiger partial charge in [0, 0.05) is 17.7 Å². The minimum absolute atomic E-state index is 0.00878. The molecule has 0 radical (unpaired) electrons. The molecule has 5 nitrogen and oxygen atoms in total. The molecule has 0 bridgehead atoms. The molecule has 1 aromatic rings. The second-order valence-electron chi connectivity index (χ2n) is 4.73. The highest BCUT2D eigenvalue weighted by atomic mass is 35.5. The molecule has 1 saturated carbocycles. The average molecular weight is 299 g/mol. The van der Waals surface area contributed by atoms with Crippen molar-refractivity contribution in [3.63, 3.8) is 0 Å². The van der Waals surface area contributed by atoms with Crippen molar-refractivity contribution in [2.24, 2.45) is 5.73 Å². The highest BCUT2D eigenvalue weighted by Crippen LogP contribution is 2.22. The van der Waals surface area contributed by atoms with Crippen LogP contribution in [0.3, 0.4) is 0 Å². The van der Waals surface area contributed by atoms with Gasteiger partial charge in [0.25, 0.3) is 5.91 Å². The zero-order chi connectivity index (χ0) is 14.5. The molecular weight excluding hydrogens is 280 g/mol. The van der Waals surface area contributed by atoms with Gasteiger partial charge in [-0.2, -0.15) is 0 Å². The van der Waals surface area contributed by atoms with Crippen molar-refractivity contribution in [3.8, 4) is 5.75 Å². The zero-order valence-corrected chi connectivity index (χ0v) is 12.1. The van der Waals surface area contributed by atoms with Gasteiger partial charge in [-0.3, -0.25) is 4.79 Å². The lowest BCUT2D eigenvalue weighted by Gasteiger charge is -2.42. The molecule has 3 unspecified atom stereocenters.